The standard InChI is InChI=1S/C46H43N.C3H8.C2H6/c1-7-33(39-20-14-21-40(32(39)4)37-18-11-8-15-30(37)2)24-23-31(3)38-19-12-13-22-45(38)47-36-25-26-41-42-27-34-16-9-10-17-35(34)28-43(42)46(5,6)44(41)29-36;1-3-2;1-2/h7-11,13-18,20-29,47H,1,12,19H2,2-6H3;3H2,1-2H3;1-2H3/b31-23+,33-24+;;. The van der Waals surface area contributed by atoms with Crippen LogP contribution >= 0.6 is 0 Å². The lowest BCUT2D eigenvalue weighted by molar-refractivity contribution is 0.661. The summed E-state index contributed by atoms with van der Waals surface area (Å²) in [5.74, 6) is 0. The zero-order chi connectivity index (χ0) is 37.4. The van der Waals surface area contributed by atoms with Gasteiger partial charge in [-0.25, -0.2) is 0 Å². The Labute approximate surface area is 314 Å². The largest absolute Gasteiger partial charge is 0.355 e. The van der Waals surface area contributed by atoms with Crippen LogP contribution in [0.4, 0.5) is 5.69 Å². The van der Waals surface area contributed by atoms with E-state index in [0.717, 1.165) is 24.1 Å². The van der Waals surface area contributed by atoms with Crippen LogP contribution in [-0.2, 0) is 5.41 Å². The maximum Gasteiger partial charge on any atom is 0.0416 e. The fourth-order valence-corrected chi connectivity index (χ4v) is 7.54. The smallest absolute Gasteiger partial charge is 0.0416 e. The van der Waals surface area contributed by atoms with Crippen LogP contribution in [0.1, 0.15) is 95.5 Å². The summed E-state index contributed by atoms with van der Waals surface area (Å²) in [5, 5.41) is 6.42. The first-order valence-corrected chi connectivity index (χ1v) is 19.2. The van der Waals surface area contributed by atoms with Crippen molar-refractivity contribution in [2.45, 2.75) is 87.0 Å². The fourth-order valence-electron chi connectivity index (χ4n) is 7.54. The predicted octanol–water partition coefficient (Wildman–Crippen LogP) is 15.1. The number of aryl methyl sites for hydroxylation is 1. The van der Waals surface area contributed by atoms with Gasteiger partial charge in [0.25, 0.3) is 0 Å². The van der Waals surface area contributed by atoms with Crippen LogP contribution in [0.25, 0.3) is 38.6 Å². The molecule has 52 heavy (non-hydrogen) atoms. The van der Waals surface area contributed by atoms with E-state index in [0.29, 0.717) is 0 Å². The van der Waals surface area contributed by atoms with E-state index < -0.39 is 0 Å². The molecule has 1 heteroatoms. The number of hydrogen-bond donors (Lipinski definition) is 1. The molecule has 2 aliphatic rings. The second-order valence-electron chi connectivity index (χ2n) is 14.3. The number of anilines is 1. The summed E-state index contributed by atoms with van der Waals surface area (Å²) < 4.78 is 0. The van der Waals surface area contributed by atoms with Crippen LogP contribution in [-0.4, -0.2) is 0 Å². The molecule has 7 rings (SSSR count). The zero-order valence-corrected chi connectivity index (χ0v) is 33.0. The molecule has 266 valence electrons. The molecule has 5 aromatic rings. The van der Waals surface area contributed by atoms with Gasteiger partial charge in [-0.1, -0.05) is 152 Å². The Kier molecular flexibility index (Phi) is 12.4. The van der Waals surface area contributed by atoms with Crippen LogP contribution in [0, 0.1) is 13.8 Å². The van der Waals surface area contributed by atoms with Gasteiger partial charge in [-0.05, 0) is 142 Å². The molecule has 1 nitrogen and oxygen atoms in total. The quantitative estimate of drug-likeness (QED) is 0.168. The minimum atomic E-state index is -0.0671. The molecule has 0 unspecified atom stereocenters. The van der Waals surface area contributed by atoms with E-state index in [2.05, 4.69) is 182 Å². The van der Waals surface area contributed by atoms with E-state index in [1.807, 2.05) is 19.9 Å². The number of rotatable bonds is 7. The van der Waals surface area contributed by atoms with Gasteiger partial charge in [0.15, 0.2) is 0 Å². The Morgan fingerprint density at radius 3 is 2.12 bits per heavy atom. The van der Waals surface area contributed by atoms with Crippen molar-refractivity contribution in [2.75, 3.05) is 5.32 Å². The minimum absolute atomic E-state index is 0.0671. The lowest BCUT2D eigenvalue weighted by atomic mass is 9.81. The highest BCUT2D eigenvalue weighted by atomic mass is 14.9. The molecule has 5 aromatic carbocycles. The summed E-state index contributed by atoms with van der Waals surface area (Å²) in [4.78, 5) is 0. The Balaban J connectivity index is 0.000000995. The van der Waals surface area contributed by atoms with Gasteiger partial charge in [-0.3, -0.25) is 0 Å². The van der Waals surface area contributed by atoms with Crippen LogP contribution in [0.2, 0.25) is 0 Å². The van der Waals surface area contributed by atoms with Crippen molar-refractivity contribution < 1.29 is 0 Å². The minimum Gasteiger partial charge on any atom is -0.355 e. The van der Waals surface area contributed by atoms with Gasteiger partial charge in [0, 0.05) is 16.8 Å². The third-order valence-corrected chi connectivity index (χ3v) is 10.3. The van der Waals surface area contributed by atoms with Gasteiger partial charge in [-0.2, -0.15) is 0 Å². The van der Waals surface area contributed by atoms with E-state index in [9.17, 15) is 0 Å². The van der Waals surface area contributed by atoms with Gasteiger partial charge in [0.2, 0.25) is 0 Å². The van der Waals surface area contributed by atoms with Crippen molar-refractivity contribution in [1.29, 1.82) is 0 Å². The third-order valence-electron chi connectivity index (χ3n) is 10.3. The molecular weight excluding hydrogens is 627 g/mol. The molecule has 0 amide bonds. The highest BCUT2D eigenvalue weighted by Crippen LogP contribution is 2.50. The number of nitrogens with one attached hydrogen (secondary N) is 1. The Morgan fingerprint density at radius 2 is 1.40 bits per heavy atom. The Morgan fingerprint density at radius 1 is 0.750 bits per heavy atom. The molecule has 1 N–H and O–H groups in total. The third kappa shape index (κ3) is 7.70. The summed E-state index contributed by atoms with van der Waals surface area (Å²) in [7, 11) is 0. The van der Waals surface area contributed by atoms with Crippen LogP contribution < -0.4 is 5.32 Å². The van der Waals surface area contributed by atoms with Crippen molar-refractivity contribution in [1.82, 2.24) is 0 Å². The molecule has 2 aliphatic carbocycles. The SMILES string of the molecule is C=C/C(=C\C=C(/C)C1=C(Nc2ccc3c(c2)C(C)(C)c2cc4ccccc4cc2-3)C=CCC1)c1cccc(-c2ccccc2C)c1C.CC.CCC. The summed E-state index contributed by atoms with van der Waals surface area (Å²) in [6, 6.07) is 35.6. The molecule has 0 radical (unpaired) electrons. The fraction of sp³-hybridized carbons (Fsp3) is 0.255. The number of allylic oxidation sites excluding steroid dienone is 8. The molecule has 0 saturated heterocycles. The molecule has 0 aliphatic heterocycles. The second kappa shape index (κ2) is 16.9. The van der Waals surface area contributed by atoms with Crippen LogP contribution in [0.3, 0.4) is 0 Å². The van der Waals surface area contributed by atoms with E-state index in [4.69, 9.17) is 0 Å². The van der Waals surface area contributed by atoms with Gasteiger partial charge in [0.1, 0.15) is 0 Å². The van der Waals surface area contributed by atoms with Crippen LogP contribution in [0.15, 0.2) is 151 Å². The van der Waals surface area contributed by atoms with Gasteiger partial charge < -0.3 is 5.32 Å². The summed E-state index contributed by atoms with van der Waals surface area (Å²) in [6.07, 6.45) is 14.3. The monoisotopic (exact) mass is 683 g/mol. The Bertz CT molecular complexity index is 2200. The van der Waals surface area contributed by atoms with Crippen molar-refractivity contribution in [3.05, 3.63) is 179 Å². The topological polar surface area (TPSA) is 12.0 Å². The first-order valence-electron chi connectivity index (χ1n) is 19.2. The number of fused-ring (bicyclic) bond motifs is 4. The summed E-state index contributed by atoms with van der Waals surface area (Å²) in [6.45, 7) is 23.8. The molecule has 0 spiro atoms. The summed E-state index contributed by atoms with van der Waals surface area (Å²) >= 11 is 0. The highest BCUT2D eigenvalue weighted by Gasteiger charge is 2.36. The normalized spacial score (nSPS) is 14.5. The maximum atomic E-state index is 4.20. The lowest BCUT2D eigenvalue weighted by Gasteiger charge is -2.23. The summed E-state index contributed by atoms with van der Waals surface area (Å²) in [5.41, 5.74) is 17.8. The van der Waals surface area contributed by atoms with E-state index >= 15 is 0 Å². The van der Waals surface area contributed by atoms with Crippen molar-refractivity contribution in [3.63, 3.8) is 0 Å². The van der Waals surface area contributed by atoms with Crippen LogP contribution in [0.5, 0.6) is 0 Å². The molecule has 0 saturated carbocycles. The van der Waals surface area contributed by atoms with E-state index in [-0.39, 0.29) is 5.41 Å². The van der Waals surface area contributed by atoms with Crippen molar-refractivity contribution >= 4 is 22.0 Å². The maximum absolute atomic E-state index is 4.20. The molecule has 0 heterocycles. The predicted molar refractivity (Wildman–Crippen MR) is 231 cm³/mol. The first-order chi connectivity index (χ1) is 25.2. The van der Waals surface area contributed by atoms with Gasteiger partial charge in [0.05, 0.1) is 0 Å². The number of benzene rings is 5. The van der Waals surface area contributed by atoms with E-state index in [1.165, 1.54) is 84.1 Å². The molecule has 0 fully saturated rings. The first kappa shape index (κ1) is 38.1. The molecular formula is C51H57N. The lowest BCUT2D eigenvalue weighted by Crippen LogP contribution is -2.15. The average molecular weight is 684 g/mol. The number of hydrogen-bond acceptors (Lipinski definition) is 1. The average Bonchev–Trinajstić information content (AvgIpc) is 3.37. The molecule has 0 aromatic heterocycles. The highest BCUT2D eigenvalue weighted by molar-refractivity contribution is 5.94. The second-order valence-corrected chi connectivity index (χ2v) is 14.3. The Hall–Kier alpha value is -5.14. The van der Waals surface area contributed by atoms with Crippen molar-refractivity contribution in [3.8, 4) is 22.3 Å². The van der Waals surface area contributed by atoms with Gasteiger partial charge >= 0.3 is 0 Å². The molecule has 0 atom stereocenters. The van der Waals surface area contributed by atoms with E-state index in [1.54, 1.807) is 0 Å². The van der Waals surface area contributed by atoms with Crippen molar-refractivity contribution in [2.24, 2.45) is 0 Å². The zero-order valence-electron chi connectivity index (χ0n) is 33.0. The van der Waals surface area contributed by atoms with Gasteiger partial charge in [-0.15, -0.1) is 0 Å². The molecule has 0 bridgehead atoms.